The Morgan fingerprint density at radius 3 is 2.86 bits per heavy atom. The molecule has 2 aromatic carbocycles. The van der Waals surface area contributed by atoms with Gasteiger partial charge in [0.2, 0.25) is 5.89 Å². The van der Waals surface area contributed by atoms with Crippen molar-refractivity contribution in [3.05, 3.63) is 71.6 Å². The SMILES string of the molecule is O=C(c1ccccc1F)N1CCC[C@H](c2nc(Oc3cccc(F)c3)no2)C1. The minimum atomic E-state index is -0.543. The van der Waals surface area contributed by atoms with Gasteiger partial charge < -0.3 is 14.2 Å². The molecule has 1 amide bonds. The molecular weight excluding hydrogens is 368 g/mol. The fraction of sp³-hybridized carbons (Fsp3) is 0.250. The molecular formula is C20H17F2N3O3. The van der Waals surface area contributed by atoms with Gasteiger partial charge in [0.1, 0.15) is 17.4 Å². The minimum Gasteiger partial charge on any atom is -0.422 e. The van der Waals surface area contributed by atoms with E-state index in [0.29, 0.717) is 19.0 Å². The number of hydrogen-bond donors (Lipinski definition) is 0. The Bertz CT molecular complexity index is 992. The molecule has 1 aliphatic rings. The molecule has 28 heavy (non-hydrogen) atoms. The maximum atomic E-state index is 13.9. The van der Waals surface area contributed by atoms with Gasteiger partial charge in [0.05, 0.1) is 11.5 Å². The van der Waals surface area contributed by atoms with Gasteiger partial charge >= 0.3 is 6.01 Å². The van der Waals surface area contributed by atoms with Crippen LogP contribution in [0.5, 0.6) is 11.8 Å². The number of likely N-dealkylation sites (tertiary alicyclic amines) is 1. The van der Waals surface area contributed by atoms with Crippen LogP contribution in [-0.2, 0) is 0 Å². The summed E-state index contributed by atoms with van der Waals surface area (Å²) in [4.78, 5) is 18.4. The fourth-order valence-corrected chi connectivity index (χ4v) is 3.23. The summed E-state index contributed by atoms with van der Waals surface area (Å²) in [6, 6.07) is 11.5. The van der Waals surface area contributed by atoms with Gasteiger partial charge in [-0.15, -0.1) is 0 Å². The topological polar surface area (TPSA) is 68.5 Å². The highest BCUT2D eigenvalue weighted by Gasteiger charge is 2.30. The lowest BCUT2D eigenvalue weighted by Crippen LogP contribution is -2.39. The smallest absolute Gasteiger partial charge is 0.359 e. The maximum Gasteiger partial charge on any atom is 0.359 e. The third kappa shape index (κ3) is 3.85. The first-order chi connectivity index (χ1) is 13.6. The molecule has 1 saturated heterocycles. The van der Waals surface area contributed by atoms with Crippen LogP contribution in [0.25, 0.3) is 0 Å². The van der Waals surface area contributed by atoms with Gasteiger partial charge in [-0.25, -0.2) is 8.78 Å². The lowest BCUT2D eigenvalue weighted by atomic mass is 9.97. The van der Waals surface area contributed by atoms with Gasteiger partial charge in [0.25, 0.3) is 5.91 Å². The Balaban J connectivity index is 1.46. The lowest BCUT2D eigenvalue weighted by Gasteiger charge is -2.31. The van der Waals surface area contributed by atoms with Gasteiger partial charge in [0, 0.05) is 19.2 Å². The van der Waals surface area contributed by atoms with Gasteiger partial charge in [0.15, 0.2) is 0 Å². The second-order valence-electron chi connectivity index (χ2n) is 6.54. The summed E-state index contributed by atoms with van der Waals surface area (Å²) in [7, 11) is 0. The number of nitrogens with zero attached hydrogens (tertiary/aromatic N) is 3. The number of aromatic nitrogens is 2. The number of piperidine rings is 1. The van der Waals surface area contributed by atoms with Crippen molar-refractivity contribution >= 4 is 5.91 Å². The van der Waals surface area contributed by atoms with E-state index in [1.807, 2.05) is 0 Å². The van der Waals surface area contributed by atoms with Crippen molar-refractivity contribution in [2.45, 2.75) is 18.8 Å². The first kappa shape index (κ1) is 18.1. The molecule has 4 rings (SSSR count). The van der Waals surface area contributed by atoms with E-state index in [1.165, 1.54) is 30.3 Å². The summed E-state index contributed by atoms with van der Waals surface area (Å²) in [5.41, 5.74) is 0.0452. The highest BCUT2D eigenvalue weighted by molar-refractivity contribution is 5.94. The molecule has 0 unspecified atom stereocenters. The number of halogens is 2. The Hall–Kier alpha value is -3.29. The van der Waals surface area contributed by atoms with Crippen LogP contribution < -0.4 is 4.74 Å². The number of amides is 1. The average Bonchev–Trinajstić information content (AvgIpc) is 3.16. The van der Waals surface area contributed by atoms with Gasteiger partial charge in [-0.3, -0.25) is 4.79 Å². The molecule has 6 nitrogen and oxygen atoms in total. The first-order valence-corrected chi connectivity index (χ1v) is 8.91. The van der Waals surface area contributed by atoms with Crippen LogP contribution in [0.2, 0.25) is 0 Å². The highest BCUT2D eigenvalue weighted by Crippen LogP contribution is 2.29. The third-order valence-electron chi connectivity index (χ3n) is 4.59. The molecule has 0 aliphatic carbocycles. The second kappa shape index (κ2) is 7.75. The monoisotopic (exact) mass is 385 g/mol. The lowest BCUT2D eigenvalue weighted by molar-refractivity contribution is 0.0691. The molecule has 0 radical (unpaired) electrons. The summed E-state index contributed by atoms with van der Waals surface area (Å²) in [6.45, 7) is 0.874. The number of ether oxygens (including phenoxy) is 1. The Morgan fingerprint density at radius 2 is 2.04 bits per heavy atom. The number of rotatable bonds is 4. The zero-order chi connectivity index (χ0) is 19.5. The number of hydrogen-bond acceptors (Lipinski definition) is 5. The van der Waals surface area contributed by atoms with Crippen LogP contribution in [0, 0.1) is 11.6 Å². The molecule has 1 atom stereocenters. The van der Waals surface area contributed by atoms with Crippen molar-refractivity contribution in [2.24, 2.45) is 0 Å². The van der Waals surface area contributed by atoms with Gasteiger partial charge in [-0.2, -0.15) is 4.98 Å². The number of carbonyl (C=O) groups excluding carboxylic acids is 1. The average molecular weight is 385 g/mol. The third-order valence-corrected chi connectivity index (χ3v) is 4.59. The summed E-state index contributed by atoms with van der Waals surface area (Å²) in [5, 5.41) is 3.76. The molecule has 1 aromatic heterocycles. The largest absolute Gasteiger partial charge is 0.422 e. The molecule has 8 heteroatoms. The van der Waals surface area contributed by atoms with Crippen LogP contribution in [0.3, 0.4) is 0 Å². The van der Waals surface area contributed by atoms with Crippen LogP contribution in [0.1, 0.15) is 35.0 Å². The first-order valence-electron chi connectivity index (χ1n) is 8.91. The van der Waals surface area contributed by atoms with E-state index in [9.17, 15) is 13.6 Å². The zero-order valence-electron chi connectivity index (χ0n) is 14.8. The Labute approximate surface area is 159 Å². The Kier molecular flexibility index (Phi) is 5.01. The van der Waals surface area contributed by atoms with Gasteiger partial charge in [-0.1, -0.05) is 18.2 Å². The van der Waals surface area contributed by atoms with Crippen LogP contribution >= 0.6 is 0 Å². The van der Waals surface area contributed by atoms with Crippen molar-refractivity contribution in [1.82, 2.24) is 15.0 Å². The maximum absolute atomic E-state index is 13.9. The van der Waals surface area contributed by atoms with Crippen molar-refractivity contribution < 1.29 is 22.8 Å². The van der Waals surface area contributed by atoms with Crippen molar-refractivity contribution in [1.29, 1.82) is 0 Å². The number of benzene rings is 2. The highest BCUT2D eigenvalue weighted by atomic mass is 19.1. The van der Waals surface area contributed by atoms with Crippen molar-refractivity contribution in [3.63, 3.8) is 0 Å². The van der Waals surface area contributed by atoms with E-state index >= 15 is 0 Å². The van der Waals surface area contributed by atoms with E-state index < -0.39 is 11.6 Å². The second-order valence-corrected chi connectivity index (χ2v) is 6.54. The molecule has 1 fully saturated rings. The molecule has 0 N–H and O–H groups in total. The predicted octanol–water partition coefficient (Wildman–Crippen LogP) is 4.16. The molecule has 0 spiro atoms. The summed E-state index contributed by atoms with van der Waals surface area (Å²) in [6.07, 6.45) is 1.48. The molecule has 3 aromatic rings. The quantitative estimate of drug-likeness (QED) is 0.675. The molecule has 0 bridgehead atoms. The summed E-state index contributed by atoms with van der Waals surface area (Å²) >= 11 is 0. The summed E-state index contributed by atoms with van der Waals surface area (Å²) < 4.78 is 37.8. The van der Waals surface area contributed by atoms with E-state index in [0.717, 1.165) is 12.8 Å². The Morgan fingerprint density at radius 1 is 1.18 bits per heavy atom. The molecule has 1 aliphatic heterocycles. The summed E-state index contributed by atoms with van der Waals surface area (Å²) in [5.74, 6) is -0.931. The van der Waals surface area contributed by atoms with Crippen molar-refractivity contribution in [3.8, 4) is 11.8 Å². The van der Waals surface area contributed by atoms with E-state index in [1.54, 1.807) is 23.1 Å². The molecule has 2 heterocycles. The predicted molar refractivity (Wildman–Crippen MR) is 95.1 cm³/mol. The zero-order valence-corrected chi connectivity index (χ0v) is 14.8. The van der Waals surface area contributed by atoms with Gasteiger partial charge in [-0.05, 0) is 42.3 Å². The molecule has 144 valence electrons. The minimum absolute atomic E-state index is 0.0295. The standard InChI is InChI=1S/C20H17F2N3O3/c21-14-6-3-7-15(11-14)27-20-23-18(28-24-20)13-5-4-10-25(12-13)19(26)16-8-1-2-9-17(16)22/h1-3,6-9,11,13H,4-5,10,12H2/t13-/m0/s1. The normalized spacial score (nSPS) is 16.8. The van der Waals surface area contributed by atoms with E-state index in [4.69, 9.17) is 9.26 Å². The van der Waals surface area contributed by atoms with Crippen LogP contribution in [0.15, 0.2) is 53.1 Å². The van der Waals surface area contributed by atoms with Crippen LogP contribution in [0.4, 0.5) is 8.78 Å². The van der Waals surface area contributed by atoms with Crippen LogP contribution in [-0.4, -0.2) is 34.0 Å². The van der Waals surface area contributed by atoms with E-state index in [-0.39, 0.29) is 29.1 Å². The fourth-order valence-electron chi connectivity index (χ4n) is 3.23. The number of carbonyl (C=O) groups is 1. The molecule has 0 saturated carbocycles. The van der Waals surface area contributed by atoms with E-state index in [2.05, 4.69) is 10.1 Å². The van der Waals surface area contributed by atoms with Crippen molar-refractivity contribution in [2.75, 3.05) is 13.1 Å².